The van der Waals surface area contributed by atoms with Crippen LogP contribution in [-0.2, 0) is 13.6 Å². The van der Waals surface area contributed by atoms with Gasteiger partial charge in [0.2, 0.25) is 0 Å². The van der Waals surface area contributed by atoms with Crippen molar-refractivity contribution in [3.05, 3.63) is 18.0 Å². The third-order valence-corrected chi connectivity index (χ3v) is 4.06. The van der Waals surface area contributed by atoms with E-state index in [1.165, 1.54) is 11.8 Å². The van der Waals surface area contributed by atoms with Crippen LogP contribution >= 0.6 is 0 Å². The van der Waals surface area contributed by atoms with Gasteiger partial charge in [0.1, 0.15) is 6.04 Å². The summed E-state index contributed by atoms with van der Waals surface area (Å²) in [4.78, 5) is 7.66. The van der Waals surface area contributed by atoms with Crippen LogP contribution in [0.1, 0.15) is 12.5 Å². The van der Waals surface area contributed by atoms with Gasteiger partial charge < -0.3 is 10.2 Å². The monoisotopic (exact) mass is 332 g/mol. The summed E-state index contributed by atoms with van der Waals surface area (Å²) in [6, 6.07) is -1.41. The van der Waals surface area contributed by atoms with E-state index in [0.29, 0.717) is 38.7 Å². The third-order valence-electron chi connectivity index (χ3n) is 4.06. The maximum atomic E-state index is 12.8. The van der Waals surface area contributed by atoms with Gasteiger partial charge in [-0.1, -0.05) is 0 Å². The smallest absolute Gasteiger partial charge is 0.352 e. The van der Waals surface area contributed by atoms with Crippen LogP contribution in [0.4, 0.5) is 13.2 Å². The minimum Gasteiger partial charge on any atom is -0.352 e. The molecule has 6 nitrogen and oxygen atoms in total. The number of rotatable bonds is 3. The molecular weight excluding hydrogens is 309 g/mol. The van der Waals surface area contributed by atoms with Gasteiger partial charge >= 0.3 is 6.18 Å². The number of nitrogens with zero attached hydrogens (tertiary/aromatic N) is 5. The molecule has 130 valence electrons. The normalized spacial score (nSPS) is 19.0. The van der Waals surface area contributed by atoms with Crippen LogP contribution in [-0.4, -0.2) is 71.0 Å². The van der Waals surface area contributed by atoms with E-state index in [9.17, 15) is 13.2 Å². The van der Waals surface area contributed by atoms with Crippen LogP contribution in [0.25, 0.3) is 0 Å². The van der Waals surface area contributed by atoms with Crippen molar-refractivity contribution in [1.82, 2.24) is 24.9 Å². The fourth-order valence-corrected chi connectivity index (χ4v) is 2.60. The highest BCUT2D eigenvalue weighted by Gasteiger charge is 2.41. The van der Waals surface area contributed by atoms with Gasteiger partial charge in [-0.05, 0) is 6.92 Å². The van der Waals surface area contributed by atoms with Crippen molar-refractivity contribution in [2.24, 2.45) is 12.0 Å². The largest absolute Gasteiger partial charge is 0.403 e. The van der Waals surface area contributed by atoms with Gasteiger partial charge in [0.05, 0.1) is 6.20 Å². The topological polar surface area (TPSA) is 48.7 Å². The maximum Gasteiger partial charge on any atom is 0.403 e. The van der Waals surface area contributed by atoms with Crippen LogP contribution < -0.4 is 5.32 Å². The third kappa shape index (κ3) is 4.60. The molecule has 1 fully saturated rings. The number of alkyl halides is 3. The van der Waals surface area contributed by atoms with Crippen molar-refractivity contribution in [2.75, 3.05) is 33.2 Å². The lowest BCUT2D eigenvalue weighted by Gasteiger charge is -2.39. The zero-order valence-corrected chi connectivity index (χ0v) is 13.6. The molecule has 0 radical (unpaired) electrons. The van der Waals surface area contributed by atoms with Gasteiger partial charge in [0.25, 0.3) is 0 Å². The molecule has 0 amide bonds. The van der Waals surface area contributed by atoms with Crippen molar-refractivity contribution in [3.63, 3.8) is 0 Å². The molecule has 1 atom stereocenters. The van der Waals surface area contributed by atoms with E-state index in [1.54, 1.807) is 17.9 Å². The van der Waals surface area contributed by atoms with Crippen LogP contribution in [0.3, 0.4) is 0 Å². The van der Waals surface area contributed by atoms with E-state index >= 15 is 0 Å². The second-order valence-corrected chi connectivity index (χ2v) is 5.66. The molecular formula is C14H23F3N6. The van der Waals surface area contributed by atoms with Gasteiger partial charge in [-0.25, -0.2) is 0 Å². The minimum atomic E-state index is -4.18. The highest BCUT2D eigenvalue weighted by molar-refractivity contribution is 5.80. The van der Waals surface area contributed by atoms with Crippen molar-refractivity contribution < 1.29 is 13.2 Å². The van der Waals surface area contributed by atoms with E-state index in [0.717, 1.165) is 5.56 Å². The fourth-order valence-electron chi connectivity index (χ4n) is 2.60. The van der Waals surface area contributed by atoms with E-state index in [-0.39, 0.29) is 0 Å². The molecule has 1 unspecified atom stereocenters. The Hall–Kier alpha value is -1.77. The molecule has 1 aliphatic heterocycles. The molecule has 9 heteroatoms. The summed E-state index contributed by atoms with van der Waals surface area (Å²) >= 11 is 0. The number of piperazine rings is 1. The number of aryl methyl sites for hydroxylation is 1. The Kier molecular flexibility index (Phi) is 5.51. The van der Waals surface area contributed by atoms with Crippen molar-refractivity contribution in [3.8, 4) is 0 Å². The summed E-state index contributed by atoms with van der Waals surface area (Å²) in [5, 5.41) is 7.32. The highest BCUT2D eigenvalue weighted by Crippen LogP contribution is 2.25. The molecule has 0 aromatic carbocycles. The Balaban J connectivity index is 1.85. The summed E-state index contributed by atoms with van der Waals surface area (Å²) in [7, 11) is 3.52. The van der Waals surface area contributed by atoms with Gasteiger partial charge in [-0.3, -0.25) is 14.6 Å². The molecule has 0 bridgehead atoms. The highest BCUT2D eigenvalue weighted by atomic mass is 19.4. The average Bonchev–Trinajstić information content (AvgIpc) is 2.92. The fraction of sp³-hybridized carbons (Fsp3) is 0.714. The summed E-state index contributed by atoms with van der Waals surface area (Å²) in [6.45, 7) is 3.58. The first-order valence-corrected chi connectivity index (χ1v) is 7.55. The predicted octanol–water partition coefficient (Wildman–Crippen LogP) is 1.06. The molecule has 1 aliphatic rings. The van der Waals surface area contributed by atoms with E-state index in [1.807, 2.05) is 18.1 Å². The summed E-state index contributed by atoms with van der Waals surface area (Å²) < 4.78 is 40.0. The number of guanidine groups is 1. The van der Waals surface area contributed by atoms with E-state index in [2.05, 4.69) is 15.4 Å². The van der Waals surface area contributed by atoms with Crippen LogP contribution in [0.15, 0.2) is 17.4 Å². The second kappa shape index (κ2) is 7.20. The standard InChI is InChI=1S/C14H23F3N6/c1-11(14(15,16)17)22-4-6-23(7-5-22)13(18-2)19-8-12-9-20-21(3)10-12/h9-11H,4-8H2,1-3H3,(H,18,19). The molecule has 1 N–H and O–H groups in total. The van der Waals surface area contributed by atoms with Gasteiger partial charge in [0, 0.05) is 58.6 Å². The lowest BCUT2D eigenvalue weighted by Crippen LogP contribution is -2.56. The summed E-state index contributed by atoms with van der Waals surface area (Å²) in [5.74, 6) is 0.702. The second-order valence-electron chi connectivity index (χ2n) is 5.66. The quantitative estimate of drug-likeness (QED) is 0.664. The van der Waals surface area contributed by atoms with Gasteiger partial charge in [0.15, 0.2) is 5.96 Å². The Labute approximate surface area is 134 Å². The number of hydrogen-bond donors (Lipinski definition) is 1. The summed E-state index contributed by atoms with van der Waals surface area (Å²) in [6.07, 6.45) is -0.505. The Morgan fingerprint density at radius 3 is 2.48 bits per heavy atom. The zero-order valence-electron chi connectivity index (χ0n) is 13.6. The Morgan fingerprint density at radius 2 is 2.00 bits per heavy atom. The molecule has 1 saturated heterocycles. The predicted molar refractivity (Wildman–Crippen MR) is 82.1 cm³/mol. The number of aliphatic imine (C=N–C) groups is 1. The first kappa shape index (κ1) is 17.6. The Morgan fingerprint density at radius 1 is 1.35 bits per heavy atom. The lowest BCUT2D eigenvalue weighted by molar-refractivity contribution is -0.181. The van der Waals surface area contributed by atoms with E-state index < -0.39 is 12.2 Å². The molecule has 1 aromatic heterocycles. The summed E-state index contributed by atoms with van der Waals surface area (Å²) in [5.41, 5.74) is 1.03. The SMILES string of the molecule is CN=C(NCc1cnn(C)c1)N1CCN(C(C)C(F)(F)F)CC1. The van der Waals surface area contributed by atoms with Gasteiger partial charge in [-0.2, -0.15) is 18.3 Å². The molecule has 2 rings (SSSR count). The Bertz CT molecular complexity index is 531. The average molecular weight is 332 g/mol. The van der Waals surface area contributed by atoms with E-state index in [4.69, 9.17) is 0 Å². The lowest BCUT2D eigenvalue weighted by atomic mass is 10.2. The van der Waals surface area contributed by atoms with Crippen LogP contribution in [0, 0.1) is 0 Å². The zero-order chi connectivity index (χ0) is 17.0. The first-order valence-electron chi connectivity index (χ1n) is 7.55. The minimum absolute atomic E-state index is 0.369. The maximum absolute atomic E-state index is 12.8. The molecule has 1 aromatic rings. The molecule has 0 spiro atoms. The van der Waals surface area contributed by atoms with Crippen LogP contribution in [0.2, 0.25) is 0 Å². The number of halogens is 3. The first-order chi connectivity index (χ1) is 10.8. The van der Waals surface area contributed by atoms with Crippen molar-refractivity contribution in [2.45, 2.75) is 25.7 Å². The molecule has 0 saturated carbocycles. The number of nitrogens with one attached hydrogen (secondary N) is 1. The van der Waals surface area contributed by atoms with Gasteiger partial charge in [-0.15, -0.1) is 0 Å². The molecule has 23 heavy (non-hydrogen) atoms. The van der Waals surface area contributed by atoms with Crippen molar-refractivity contribution in [1.29, 1.82) is 0 Å². The number of hydrogen-bond acceptors (Lipinski definition) is 3. The molecule has 2 heterocycles. The number of aromatic nitrogens is 2. The van der Waals surface area contributed by atoms with Crippen molar-refractivity contribution >= 4 is 5.96 Å². The molecule has 0 aliphatic carbocycles. The van der Waals surface area contributed by atoms with Crippen LogP contribution in [0.5, 0.6) is 0 Å².